The highest BCUT2D eigenvalue weighted by atomic mass is 32.2. The smallest absolute Gasteiger partial charge is 0.340 e. The van der Waals surface area contributed by atoms with Crippen LogP contribution in [0.1, 0.15) is 10.4 Å². The summed E-state index contributed by atoms with van der Waals surface area (Å²) in [7, 11) is -2.66. The Bertz CT molecular complexity index is 589. The van der Waals surface area contributed by atoms with Gasteiger partial charge >= 0.3 is 5.97 Å². The molecule has 0 radical (unpaired) electrons. The van der Waals surface area contributed by atoms with Crippen LogP contribution in [0.15, 0.2) is 12.1 Å². The zero-order chi connectivity index (χ0) is 14.6. The van der Waals surface area contributed by atoms with Crippen LogP contribution in [-0.4, -0.2) is 33.8 Å². The summed E-state index contributed by atoms with van der Waals surface area (Å²) in [5, 5.41) is 7.12. The first-order chi connectivity index (χ1) is 8.76. The van der Waals surface area contributed by atoms with E-state index >= 15 is 0 Å². The van der Waals surface area contributed by atoms with Crippen molar-refractivity contribution in [2.75, 3.05) is 24.7 Å². The van der Waals surface area contributed by atoms with E-state index in [1.165, 1.54) is 0 Å². The van der Waals surface area contributed by atoms with E-state index in [0.717, 1.165) is 19.2 Å². The summed E-state index contributed by atoms with van der Waals surface area (Å²) in [6.07, 6.45) is 0. The SMILES string of the molecule is COC(=O)c1ccc(NCCS(N)(=O)=O)c(F)c1F. The number of methoxy groups -OCH3 is 1. The molecule has 0 aliphatic heterocycles. The third-order valence-corrected chi connectivity index (χ3v) is 2.96. The van der Waals surface area contributed by atoms with Crippen LogP contribution in [0.25, 0.3) is 0 Å². The van der Waals surface area contributed by atoms with E-state index in [1.54, 1.807) is 0 Å². The van der Waals surface area contributed by atoms with Crippen molar-refractivity contribution in [2.45, 2.75) is 0 Å². The molecule has 6 nitrogen and oxygen atoms in total. The molecule has 1 aromatic rings. The van der Waals surface area contributed by atoms with Crippen molar-refractivity contribution in [3.8, 4) is 0 Å². The lowest BCUT2D eigenvalue weighted by Gasteiger charge is -2.09. The number of hydrogen-bond donors (Lipinski definition) is 2. The number of benzene rings is 1. The van der Waals surface area contributed by atoms with Gasteiger partial charge in [-0.2, -0.15) is 0 Å². The Kier molecular flexibility index (Phi) is 4.78. The van der Waals surface area contributed by atoms with Crippen molar-refractivity contribution in [3.05, 3.63) is 29.3 Å². The zero-order valence-electron chi connectivity index (χ0n) is 9.94. The van der Waals surface area contributed by atoms with Crippen LogP contribution in [0, 0.1) is 11.6 Å². The van der Waals surface area contributed by atoms with E-state index in [9.17, 15) is 22.0 Å². The van der Waals surface area contributed by atoms with Crippen molar-refractivity contribution in [1.82, 2.24) is 0 Å². The maximum absolute atomic E-state index is 13.6. The molecule has 0 saturated carbocycles. The van der Waals surface area contributed by atoms with Gasteiger partial charge in [-0.05, 0) is 12.1 Å². The first kappa shape index (κ1) is 15.3. The monoisotopic (exact) mass is 294 g/mol. The molecule has 0 amide bonds. The van der Waals surface area contributed by atoms with Crippen molar-refractivity contribution < 1.29 is 26.7 Å². The number of anilines is 1. The summed E-state index contributed by atoms with van der Waals surface area (Å²) in [4.78, 5) is 11.1. The minimum Gasteiger partial charge on any atom is -0.465 e. The summed E-state index contributed by atoms with van der Waals surface area (Å²) in [5.41, 5.74) is -0.814. The number of primary sulfonamides is 1. The van der Waals surface area contributed by atoms with Crippen molar-refractivity contribution in [3.63, 3.8) is 0 Å². The highest BCUT2D eigenvalue weighted by Crippen LogP contribution is 2.21. The maximum atomic E-state index is 13.6. The van der Waals surface area contributed by atoms with Gasteiger partial charge in [0.25, 0.3) is 0 Å². The molecule has 106 valence electrons. The molecule has 0 fully saturated rings. The Labute approximate surface area is 108 Å². The summed E-state index contributed by atoms with van der Waals surface area (Å²) in [6, 6.07) is 2.14. The van der Waals surface area contributed by atoms with Crippen molar-refractivity contribution >= 4 is 21.7 Å². The molecule has 0 atom stereocenters. The number of hydrogen-bond acceptors (Lipinski definition) is 5. The molecule has 0 aliphatic carbocycles. The number of sulfonamides is 1. The molecule has 0 spiro atoms. The minimum atomic E-state index is -3.70. The Morgan fingerprint density at radius 2 is 2.00 bits per heavy atom. The molecule has 0 unspecified atom stereocenters. The molecule has 0 aromatic heterocycles. The maximum Gasteiger partial charge on any atom is 0.340 e. The van der Waals surface area contributed by atoms with Gasteiger partial charge in [-0.15, -0.1) is 0 Å². The van der Waals surface area contributed by atoms with Crippen LogP contribution in [0.4, 0.5) is 14.5 Å². The van der Waals surface area contributed by atoms with Crippen LogP contribution in [0.2, 0.25) is 0 Å². The van der Waals surface area contributed by atoms with Crippen LogP contribution < -0.4 is 10.5 Å². The number of rotatable bonds is 5. The van der Waals surface area contributed by atoms with Crippen LogP contribution in [-0.2, 0) is 14.8 Å². The van der Waals surface area contributed by atoms with E-state index in [4.69, 9.17) is 5.14 Å². The third kappa shape index (κ3) is 4.14. The number of esters is 1. The summed E-state index contributed by atoms with van der Waals surface area (Å²) in [6.45, 7) is -0.188. The summed E-state index contributed by atoms with van der Waals surface area (Å²) >= 11 is 0. The van der Waals surface area contributed by atoms with Gasteiger partial charge in [-0.3, -0.25) is 0 Å². The van der Waals surface area contributed by atoms with E-state index < -0.39 is 38.9 Å². The normalized spacial score (nSPS) is 11.2. The predicted octanol–water partition coefficient (Wildman–Crippen LogP) is 0.452. The lowest BCUT2D eigenvalue weighted by atomic mass is 10.2. The minimum absolute atomic E-state index is 0.188. The molecular weight excluding hydrogens is 282 g/mol. The van der Waals surface area contributed by atoms with Gasteiger partial charge in [0.15, 0.2) is 11.6 Å². The van der Waals surface area contributed by atoms with Gasteiger partial charge in [0.2, 0.25) is 10.0 Å². The Morgan fingerprint density at radius 1 is 1.37 bits per heavy atom. The quantitative estimate of drug-likeness (QED) is 0.768. The molecule has 19 heavy (non-hydrogen) atoms. The lowest BCUT2D eigenvalue weighted by Crippen LogP contribution is -2.22. The zero-order valence-corrected chi connectivity index (χ0v) is 10.8. The largest absolute Gasteiger partial charge is 0.465 e. The molecule has 0 bridgehead atoms. The summed E-state index contributed by atoms with van der Waals surface area (Å²) in [5.74, 6) is -4.11. The number of carbonyl (C=O) groups excluding carboxylic acids is 1. The fraction of sp³-hybridized carbons (Fsp3) is 0.300. The van der Waals surface area contributed by atoms with Crippen LogP contribution in [0.3, 0.4) is 0 Å². The number of halogens is 2. The second kappa shape index (κ2) is 5.93. The van der Waals surface area contributed by atoms with Gasteiger partial charge in [-0.1, -0.05) is 0 Å². The average molecular weight is 294 g/mol. The number of ether oxygens (including phenoxy) is 1. The van der Waals surface area contributed by atoms with Crippen molar-refractivity contribution in [1.29, 1.82) is 0 Å². The van der Waals surface area contributed by atoms with E-state index in [-0.39, 0.29) is 12.2 Å². The second-order valence-electron chi connectivity index (χ2n) is 3.57. The number of carbonyl (C=O) groups is 1. The topological polar surface area (TPSA) is 98.5 Å². The summed E-state index contributed by atoms with van der Waals surface area (Å²) < 4.78 is 52.7. The fourth-order valence-corrected chi connectivity index (χ4v) is 1.67. The van der Waals surface area contributed by atoms with Gasteiger partial charge in [-0.25, -0.2) is 27.1 Å². The molecule has 9 heteroatoms. The fourth-order valence-electron chi connectivity index (χ4n) is 1.28. The van der Waals surface area contributed by atoms with Gasteiger partial charge < -0.3 is 10.1 Å². The molecule has 0 saturated heterocycles. The highest BCUT2D eigenvalue weighted by molar-refractivity contribution is 7.89. The van der Waals surface area contributed by atoms with Crippen LogP contribution in [0.5, 0.6) is 0 Å². The number of nitrogens with two attached hydrogens (primary N) is 1. The van der Waals surface area contributed by atoms with Gasteiger partial charge in [0, 0.05) is 6.54 Å². The molecular formula is C10H12F2N2O4S. The standard InChI is InChI=1S/C10H12F2N2O4S/c1-18-10(15)6-2-3-7(9(12)8(6)11)14-4-5-19(13,16)17/h2-3,14H,4-5H2,1H3,(H2,13,16,17). The molecule has 3 N–H and O–H groups in total. The number of nitrogens with one attached hydrogen (secondary N) is 1. The molecule has 0 aliphatic rings. The molecule has 1 rings (SSSR count). The third-order valence-electron chi connectivity index (χ3n) is 2.19. The second-order valence-corrected chi connectivity index (χ2v) is 5.31. The Balaban J connectivity index is 2.88. The predicted molar refractivity (Wildman–Crippen MR) is 64.2 cm³/mol. The highest BCUT2D eigenvalue weighted by Gasteiger charge is 2.19. The Hall–Kier alpha value is -1.74. The molecule has 1 aromatic carbocycles. The van der Waals surface area contributed by atoms with E-state index in [0.29, 0.717) is 0 Å². The Morgan fingerprint density at radius 3 is 2.53 bits per heavy atom. The van der Waals surface area contributed by atoms with Gasteiger partial charge in [0.05, 0.1) is 24.1 Å². The average Bonchev–Trinajstić information content (AvgIpc) is 2.32. The first-order valence-corrected chi connectivity index (χ1v) is 6.78. The van der Waals surface area contributed by atoms with Crippen molar-refractivity contribution in [2.24, 2.45) is 5.14 Å². The first-order valence-electron chi connectivity index (χ1n) is 5.07. The van der Waals surface area contributed by atoms with Gasteiger partial charge in [0.1, 0.15) is 0 Å². The lowest BCUT2D eigenvalue weighted by molar-refractivity contribution is 0.0594. The molecule has 0 heterocycles. The van der Waals surface area contributed by atoms with E-state index in [1.807, 2.05) is 0 Å². The van der Waals surface area contributed by atoms with Crippen LogP contribution >= 0.6 is 0 Å². The van der Waals surface area contributed by atoms with E-state index in [2.05, 4.69) is 10.1 Å².